The fraction of sp³-hybridized carbons (Fsp3) is 0.467. The van der Waals surface area contributed by atoms with Gasteiger partial charge in [-0.25, -0.2) is 9.67 Å². The monoisotopic (exact) mass is 258 g/mol. The Morgan fingerprint density at radius 1 is 1.32 bits per heavy atom. The quantitative estimate of drug-likeness (QED) is 0.915. The van der Waals surface area contributed by atoms with Gasteiger partial charge in [-0.3, -0.25) is 0 Å². The van der Waals surface area contributed by atoms with Crippen LogP contribution in [-0.4, -0.2) is 20.8 Å². The van der Waals surface area contributed by atoms with Crippen molar-refractivity contribution in [1.29, 1.82) is 0 Å². The normalized spacial score (nSPS) is 12.7. The van der Waals surface area contributed by atoms with Crippen LogP contribution in [-0.2, 0) is 12.8 Å². The van der Waals surface area contributed by atoms with E-state index >= 15 is 0 Å². The number of pyridine rings is 1. The van der Waals surface area contributed by atoms with Crippen LogP contribution in [0.25, 0.3) is 5.82 Å². The Balaban J connectivity index is 2.32. The standard InChI is InChI=1S/C15H22N4/c1-5-14-11(3)18-19(12(14)4)15-7-6-13(9-17-15)8-10(2)16/h6-7,9-10H,5,8,16H2,1-4H3. The molecule has 0 saturated carbocycles. The van der Waals surface area contributed by atoms with Gasteiger partial charge in [-0.1, -0.05) is 13.0 Å². The molecular weight excluding hydrogens is 236 g/mol. The first-order valence-corrected chi connectivity index (χ1v) is 6.79. The predicted molar refractivity (Wildman–Crippen MR) is 77.6 cm³/mol. The number of rotatable bonds is 4. The minimum atomic E-state index is 0.160. The van der Waals surface area contributed by atoms with Crippen molar-refractivity contribution in [3.05, 3.63) is 40.8 Å². The molecule has 4 nitrogen and oxygen atoms in total. The zero-order valence-electron chi connectivity index (χ0n) is 12.1. The van der Waals surface area contributed by atoms with Crippen LogP contribution in [0.3, 0.4) is 0 Å². The van der Waals surface area contributed by atoms with E-state index in [9.17, 15) is 0 Å². The van der Waals surface area contributed by atoms with Crippen molar-refractivity contribution in [3.8, 4) is 5.82 Å². The van der Waals surface area contributed by atoms with Crippen LogP contribution < -0.4 is 5.73 Å². The van der Waals surface area contributed by atoms with Gasteiger partial charge in [-0.15, -0.1) is 0 Å². The molecule has 0 saturated heterocycles. The molecular formula is C15H22N4. The number of hydrogen-bond acceptors (Lipinski definition) is 3. The first kappa shape index (κ1) is 13.7. The molecule has 1 atom stereocenters. The smallest absolute Gasteiger partial charge is 0.153 e. The third kappa shape index (κ3) is 2.84. The molecule has 2 rings (SSSR count). The maximum atomic E-state index is 5.79. The third-order valence-electron chi connectivity index (χ3n) is 3.38. The first-order chi connectivity index (χ1) is 9.02. The van der Waals surface area contributed by atoms with Crippen LogP contribution in [0.2, 0.25) is 0 Å². The fourth-order valence-corrected chi connectivity index (χ4v) is 2.44. The first-order valence-electron chi connectivity index (χ1n) is 6.79. The second-order valence-electron chi connectivity index (χ2n) is 5.12. The summed E-state index contributed by atoms with van der Waals surface area (Å²) in [4.78, 5) is 4.50. The van der Waals surface area contributed by atoms with E-state index < -0.39 is 0 Å². The van der Waals surface area contributed by atoms with Gasteiger partial charge in [0.25, 0.3) is 0 Å². The highest BCUT2D eigenvalue weighted by molar-refractivity contribution is 5.33. The Bertz CT molecular complexity index is 552. The van der Waals surface area contributed by atoms with Crippen LogP contribution >= 0.6 is 0 Å². The molecule has 0 spiro atoms. The van der Waals surface area contributed by atoms with Crippen LogP contribution in [0.4, 0.5) is 0 Å². The molecule has 2 heterocycles. The molecule has 0 aromatic carbocycles. The van der Waals surface area contributed by atoms with Gasteiger partial charge in [0.2, 0.25) is 0 Å². The summed E-state index contributed by atoms with van der Waals surface area (Å²) in [5.74, 6) is 0.869. The second kappa shape index (κ2) is 5.53. The molecule has 0 amide bonds. The number of nitrogens with zero attached hydrogens (tertiary/aromatic N) is 3. The number of hydrogen-bond donors (Lipinski definition) is 1. The van der Waals surface area contributed by atoms with E-state index in [-0.39, 0.29) is 6.04 Å². The maximum Gasteiger partial charge on any atom is 0.153 e. The van der Waals surface area contributed by atoms with Gasteiger partial charge in [0.15, 0.2) is 5.82 Å². The highest BCUT2D eigenvalue weighted by Crippen LogP contribution is 2.17. The molecule has 2 aromatic rings. The zero-order chi connectivity index (χ0) is 14.0. The lowest BCUT2D eigenvalue weighted by molar-refractivity contribution is 0.732. The lowest BCUT2D eigenvalue weighted by Gasteiger charge is -2.07. The van der Waals surface area contributed by atoms with Crippen LogP contribution in [0, 0.1) is 13.8 Å². The molecule has 2 N–H and O–H groups in total. The van der Waals surface area contributed by atoms with Crippen LogP contribution in [0.15, 0.2) is 18.3 Å². The van der Waals surface area contributed by atoms with Crippen LogP contribution in [0.5, 0.6) is 0 Å². The highest BCUT2D eigenvalue weighted by atomic mass is 15.3. The van der Waals surface area contributed by atoms with Crippen molar-refractivity contribution in [3.63, 3.8) is 0 Å². The van der Waals surface area contributed by atoms with Crippen molar-refractivity contribution in [2.75, 3.05) is 0 Å². The molecule has 0 radical (unpaired) electrons. The average Bonchev–Trinajstić information content (AvgIpc) is 2.64. The molecule has 0 fully saturated rings. The minimum absolute atomic E-state index is 0.160. The van der Waals surface area contributed by atoms with E-state index in [1.807, 2.05) is 30.8 Å². The Hall–Kier alpha value is -1.68. The van der Waals surface area contributed by atoms with E-state index in [0.29, 0.717) is 0 Å². The van der Waals surface area contributed by atoms with Gasteiger partial charge in [-0.05, 0) is 50.8 Å². The largest absolute Gasteiger partial charge is 0.328 e. The van der Waals surface area contributed by atoms with E-state index in [1.165, 1.54) is 11.3 Å². The van der Waals surface area contributed by atoms with E-state index in [2.05, 4.69) is 30.0 Å². The van der Waals surface area contributed by atoms with Gasteiger partial charge >= 0.3 is 0 Å². The SMILES string of the molecule is CCc1c(C)nn(-c2ccc(CC(C)N)cn2)c1C. The van der Waals surface area contributed by atoms with Crippen molar-refractivity contribution in [2.45, 2.75) is 46.6 Å². The topological polar surface area (TPSA) is 56.7 Å². The summed E-state index contributed by atoms with van der Waals surface area (Å²) in [6, 6.07) is 4.25. The van der Waals surface area contributed by atoms with Gasteiger partial charge in [0.1, 0.15) is 0 Å². The molecule has 102 valence electrons. The van der Waals surface area contributed by atoms with Gasteiger partial charge in [0.05, 0.1) is 5.69 Å². The highest BCUT2D eigenvalue weighted by Gasteiger charge is 2.11. The molecule has 19 heavy (non-hydrogen) atoms. The van der Waals surface area contributed by atoms with Crippen molar-refractivity contribution >= 4 is 0 Å². The maximum absolute atomic E-state index is 5.79. The molecule has 2 aromatic heterocycles. The van der Waals surface area contributed by atoms with Gasteiger partial charge in [0, 0.05) is 17.9 Å². The van der Waals surface area contributed by atoms with Crippen LogP contribution in [0.1, 0.15) is 36.4 Å². The number of aromatic nitrogens is 3. The van der Waals surface area contributed by atoms with Gasteiger partial charge < -0.3 is 5.73 Å². The third-order valence-corrected chi connectivity index (χ3v) is 3.38. The molecule has 1 unspecified atom stereocenters. The second-order valence-corrected chi connectivity index (χ2v) is 5.12. The molecule has 0 bridgehead atoms. The lowest BCUT2D eigenvalue weighted by atomic mass is 10.1. The average molecular weight is 258 g/mol. The summed E-state index contributed by atoms with van der Waals surface area (Å²) in [6.45, 7) is 8.30. The van der Waals surface area contributed by atoms with E-state index in [4.69, 9.17) is 5.73 Å². The molecule has 4 heteroatoms. The Labute approximate surface area is 114 Å². The summed E-state index contributed by atoms with van der Waals surface area (Å²) in [5, 5.41) is 4.57. The molecule has 0 aliphatic carbocycles. The summed E-state index contributed by atoms with van der Waals surface area (Å²) in [6.07, 6.45) is 3.74. The van der Waals surface area contributed by atoms with Crippen molar-refractivity contribution in [1.82, 2.24) is 14.8 Å². The summed E-state index contributed by atoms with van der Waals surface area (Å²) < 4.78 is 1.92. The molecule has 0 aliphatic rings. The van der Waals surface area contributed by atoms with Gasteiger partial charge in [-0.2, -0.15) is 5.10 Å². The molecule has 0 aliphatic heterocycles. The predicted octanol–water partition coefficient (Wildman–Crippen LogP) is 2.34. The lowest BCUT2D eigenvalue weighted by Crippen LogP contribution is -2.17. The number of nitrogens with two attached hydrogens (primary N) is 1. The Kier molecular flexibility index (Phi) is 4.00. The van der Waals surface area contributed by atoms with E-state index in [0.717, 1.165) is 29.9 Å². The fourth-order valence-electron chi connectivity index (χ4n) is 2.44. The zero-order valence-corrected chi connectivity index (χ0v) is 12.1. The number of aryl methyl sites for hydroxylation is 1. The minimum Gasteiger partial charge on any atom is -0.328 e. The Morgan fingerprint density at radius 3 is 2.53 bits per heavy atom. The van der Waals surface area contributed by atoms with Crippen molar-refractivity contribution in [2.24, 2.45) is 5.73 Å². The van der Waals surface area contributed by atoms with E-state index in [1.54, 1.807) is 0 Å². The summed E-state index contributed by atoms with van der Waals surface area (Å²) in [7, 11) is 0. The Morgan fingerprint density at radius 2 is 2.05 bits per heavy atom. The summed E-state index contributed by atoms with van der Waals surface area (Å²) in [5.41, 5.74) is 10.5. The summed E-state index contributed by atoms with van der Waals surface area (Å²) >= 11 is 0. The van der Waals surface area contributed by atoms with Crippen molar-refractivity contribution < 1.29 is 0 Å².